The van der Waals surface area contributed by atoms with Crippen LogP contribution >= 0.6 is 15.9 Å². The summed E-state index contributed by atoms with van der Waals surface area (Å²) < 4.78 is 28.2. The van der Waals surface area contributed by atoms with E-state index < -0.39 is 10.0 Å². The number of benzene rings is 1. The van der Waals surface area contributed by atoms with Crippen molar-refractivity contribution in [1.29, 1.82) is 0 Å². The van der Waals surface area contributed by atoms with E-state index in [-0.39, 0.29) is 16.7 Å². The summed E-state index contributed by atoms with van der Waals surface area (Å²) in [5.74, 6) is 0.149. The van der Waals surface area contributed by atoms with Gasteiger partial charge in [-0.1, -0.05) is 29.8 Å². The van der Waals surface area contributed by atoms with E-state index in [1.165, 1.54) is 4.31 Å². The van der Waals surface area contributed by atoms with E-state index in [2.05, 4.69) is 15.9 Å². The van der Waals surface area contributed by atoms with Gasteiger partial charge >= 0.3 is 0 Å². The highest BCUT2D eigenvalue weighted by atomic mass is 79.9. The fraction of sp³-hybridized carbons (Fsp3) is 0.562. The minimum atomic E-state index is -3.61. The molecular formula is C16H21BrN2O3S. The Labute approximate surface area is 145 Å². The van der Waals surface area contributed by atoms with Crippen molar-refractivity contribution >= 4 is 37.5 Å². The lowest BCUT2D eigenvalue weighted by atomic mass is 10.2. The topological polar surface area (TPSA) is 57.7 Å². The van der Waals surface area contributed by atoms with Crippen LogP contribution in [0.5, 0.6) is 0 Å². The van der Waals surface area contributed by atoms with Gasteiger partial charge in [-0.3, -0.25) is 4.79 Å². The second kappa shape index (κ2) is 6.18. The van der Waals surface area contributed by atoms with Crippen LogP contribution in [-0.4, -0.2) is 38.3 Å². The molecule has 126 valence electrons. The summed E-state index contributed by atoms with van der Waals surface area (Å²) in [7, 11) is -3.61. The number of fused-ring (bicyclic) bond motifs is 1. The van der Waals surface area contributed by atoms with Crippen LogP contribution in [0, 0.1) is 5.92 Å². The molecule has 3 rings (SSSR count). The summed E-state index contributed by atoms with van der Waals surface area (Å²) in [6, 6.07) is 3.56. The standard InChI is InChI=1S/C16H21BrN2O3S/c1-3-18(4-2)23(21,22)14-10-13(17)9-12-7-8-19(15(12)14)16(20)11-5-6-11/h9-11H,3-8H2,1-2H3. The Hall–Kier alpha value is -0.920. The number of carbonyl (C=O) groups is 1. The van der Waals surface area contributed by atoms with Crippen molar-refractivity contribution in [2.24, 2.45) is 5.92 Å². The summed E-state index contributed by atoms with van der Waals surface area (Å²) in [4.78, 5) is 14.5. The van der Waals surface area contributed by atoms with Crippen LogP contribution < -0.4 is 4.90 Å². The van der Waals surface area contributed by atoms with Gasteiger partial charge in [0.2, 0.25) is 15.9 Å². The van der Waals surface area contributed by atoms with Crippen molar-refractivity contribution in [3.63, 3.8) is 0 Å². The van der Waals surface area contributed by atoms with E-state index in [0.29, 0.717) is 31.7 Å². The Bertz CT molecular complexity index is 740. The first-order chi connectivity index (χ1) is 10.9. The summed E-state index contributed by atoms with van der Waals surface area (Å²) in [6.07, 6.45) is 2.53. The van der Waals surface area contributed by atoms with Gasteiger partial charge in [-0.25, -0.2) is 8.42 Å². The van der Waals surface area contributed by atoms with Gasteiger partial charge in [0, 0.05) is 30.0 Å². The molecule has 2 aliphatic rings. The first-order valence-corrected chi connectivity index (χ1v) is 10.3. The molecule has 7 heteroatoms. The molecule has 23 heavy (non-hydrogen) atoms. The zero-order valence-corrected chi connectivity index (χ0v) is 15.8. The quantitative estimate of drug-likeness (QED) is 0.763. The first kappa shape index (κ1) is 16.9. The minimum absolute atomic E-state index is 0.0714. The van der Waals surface area contributed by atoms with Crippen molar-refractivity contribution in [3.05, 3.63) is 22.2 Å². The lowest BCUT2D eigenvalue weighted by Crippen LogP contribution is -2.34. The van der Waals surface area contributed by atoms with Crippen LogP contribution in [0.15, 0.2) is 21.5 Å². The maximum atomic E-state index is 13.0. The summed E-state index contributed by atoms with van der Waals surface area (Å²) in [5.41, 5.74) is 1.52. The monoisotopic (exact) mass is 400 g/mol. The molecular weight excluding hydrogens is 380 g/mol. The molecule has 1 aromatic carbocycles. The molecule has 1 saturated carbocycles. The highest BCUT2D eigenvalue weighted by molar-refractivity contribution is 9.10. The van der Waals surface area contributed by atoms with Gasteiger partial charge in [-0.05, 0) is 37.0 Å². The Balaban J connectivity index is 2.13. The predicted octanol–water partition coefficient (Wildman–Crippen LogP) is 2.78. The van der Waals surface area contributed by atoms with Crippen molar-refractivity contribution in [2.75, 3.05) is 24.5 Å². The van der Waals surface area contributed by atoms with E-state index >= 15 is 0 Å². The summed E-state index contributed by atoms with van der Waals surface area (Å²) in [5, 5.41) is 0. The Morgan fingerprint density at radius 2 is 1.96 bits per heavy atom. The third-order valence-corrected chi connectivity index (χ3v) is 7.03. The number of hydrogen-bond donors (Lipinski definition) is 0. The fourth-order valence-electron chi connectivity index (χ4n) is 3.14. The van der Waals surface area contributed by atoms with Crippen LogP contribution in [-0.2, 0) is 21.2 Å². The van der Waals surface area contributed by atoms with Crippen LogP contribution in [0.3, 0.4) is 0 Å². The van der Waals surface area contributed by atoms with Crippen molar-refractivity contribution in [2.45, 2.75) is 38.0 Å². The number of anilines is 1. The molecule has 0 bridgehead atoms. The van der Waals surface area contributed by atoms with Gasteiger partial charge in [0.25, 0.3) is 0 Å². The van der Waals surface area contributed by atoms with Gasteiger partial charge in [0.05, 0.1) is 5.69 Å². The van der Waals surface area contributed by atoms with Crippen molar-refractivity contribution in [3.8, 4) is 0 Å². The Morgan fingerprint density at radius 1 is 1.30 bits per heavy atom. The molecule has 0 atom stereocenters. The number of carbonyl (C=O) groups excluding carboxylic acids is 1. The van der Waals surface area contributed by atoms with Crippen molar-refractivity contribution < 1.29 is 13.2 Å². The van der Waals surface area contributed by atoms with E-state index in [9.17, 15) is 13.2 Å². The second-order valence-corrected chi connectivity index (χ2v) is 8.84. The number of hydrogen-bond acceptors (Lipinski definition) is 3. The molecule has 0 spiro atoms. The zero-order chi connectivity index (χ0) is 16.8. The van der Waals surface area contributed by atoms with Crippen molar-refractivity contribution in [1.82, 2.24) is 4.31 Å². The third kappa shape index (κ3) is 2.94. The molecule has 5 nitrogen and oxygen atoms in total. The SMILES string of the molecule is CCN(CC)S(=O)(=O)c1cc(Br)cc2c1N(C(=O)C1CC1)CC2. The average molecular weight is 401 g/mol. The van der Waals surface area contributed by atoms with Gasteiger partial charge in [-0.2, -0.15) is 4.31 Å². The van der Waals surface area contributed by atoms with Crippen LogP contribution in [0.4, 0.5) is 5.69 Å². The predicted molar refractivity (Wildman–Crippen MR) is 93.0 cm³/mol. The lowest BCUT2D eigenvalue weighted by molar-refractivity contribution is -0.119. The fourth-order valence-corrected chi connectivity index (χ4v) is 5.52. The molecule has 1 aromatic rings. The Morgan fingerprint density at radius 3 is 2.52 bits per heavy atom. The van der Waals surface area contributed by atoms with Crippen LogP contribution in [0.25, 0.3) is 0 Å². The first-order valence-electron chi connectivity index (χ1n) is 8.04. The number of sulfonamides is 1. The Kier molecular flexibility index (Phi) is 4.55. The van der Waals surface area contributed by atoms with E-state index in [1.807, 2.05) is 19.9 Å². The zero-order valence-electron chi connectivity index (χ0n) is 13.4. The maximum Gasteiger partial charge on any atom is 0.245 e. The molecule has 0 N–H and O–H groups in total. The van der Waals surface area contributed by atoms with E-state index in [0.717, 1.165) is 22.9 Å². The minimum Gasteiger partial charge on any atom is -0.310 e. The lowest BCUT2D eigenvalue weighted by Gasteiger charge is -2.24. The van der Waals surface area contributed by atoms with Gasteiger partial charge in [0.1, 0.15) is 4.90 Å². The van der Waals surface area contributed by atoms with E-state index in [1.54, 1.807) is 11.0 Å². The smallest absolute Gasteiger partial charge is 0.245 e. The number of nitrogens with zero attached hydrogens (tertiary/aromatic N) is 2. The molecule has 0 saturated heterocycles. The number of rotatable bonds is 5. The highest BCUT2D eigenvalue weighted by Gasteiger charge is 2.40. The molecule has 0 radical (unpaired) electrons. The normalized spacial score (nSPS) is 17.7. The number of amides is 1. The maximum absolute atomic E-state index is 13.0. The highest BCUT2D eigenvalue weighted by Crippen LogP contribution is 2.41. The van der Waals surface area contributed by atoms with E-state index in [4.69, 9.17) is 0 Å². The summed E-state index contributed by atoms with van der Waals surface area (Å²) >= 11 is 3.41. The second-order valence-electron chi connectivity index (χ2n) is 6.02. The average Bonchev–Trinajstić information content (AvgIpc) is 3.27. The number of halogens is 1. The summed E-state index contributed by atoms with van der Waals surface area (Å²) in [6.45, 7) is 5.05. The van der Waals surface area contributed by atoms with Crippen LogP contribution in [0.1, 0.15) is 32.3 Å². The largest absolute Gasteiger partial charge is 0.310 e. The van der Waals surface area contributed by atoms with Gasteiger partial charge in [-0.15, -0.1) is 0 Å². The van der Waals surface area contributed by atoms with Gasteiger partial charge in [0.15, 0.2) is 0 Å². The van der Waals surface area contributed by atoms with Gasteiger partial charge < -0.3 is 4.90 Å². The molecule has 1 heterocycles. The molecule has 1 fully saturated rings. The third-order valence-electron chi connectivity index (χ3n) is 4.51. The molecule has 0 aromatic heterocycles. The van der Waals surface area contributed by atoms with Crippen LogP contribution in [0.2, 0.25) is 0 Å². The molecule has 1 amide bonds. The molecule has 0 unspecified atom stereocenters. The molecule has 1 aliphatic heterocycles. The molecule has 1 aliphatic carbocycles.